The van der Waals surface area contributed by atoms with Crippen LogP contribution in [0, 0.1) is 0 Å². The topological polar surface area (TPSA) is 35.5 Å². The second-order valence-electron chi connectivity index (χ2n) is 6.53. The quantitative estimate of drug-likeness (QED) is 0.451. The summed E-state index contributed by atoms with van der Waals surface area (Å²) < 4.78 is 12.0. The molecular weight excluding hydrogens is 312 g/mol. The number of hydrogen-bond acceptors (Lipinski definition) is 3. The van der Waals surface area contributed by atoms with Gasteiger partial charge in [-0.15, -0.1) is 0 Å². The SMILES string of the molecule is CCCCCCCCOC1(c2ccccc2)OC(=O)c2ccccc21. The summed E-state index contributed by atoms with van der Waals surface area (Å²) in [5, 5.41) is 0. The van der Waals surface area contributed by atoms with Gasteiger partial charge in [0, 0.05) is 11.1 Å². The van der Waals surface area contributed by atoms with Gasteiger partial charge in [-0.2, -0.15) is 0 Å². The number of fused-ring (bicyclic) bond motifs is 1. The molecule has 2 aromatic carbocycles. The first-order valence-corrected chi connectivity index (χ1v) is 9.30. The van der Waals surface area contributed by atoms with Gasteiger partial charge >= 0.3 is 5.97 Å². The van der Waals surface area contributed by atoms with Crippen molar-refractivity contribution in [1.29, 1.82) is 0 Å². The number of hydrogen-bond donors (Lipinski definition) is 0. The van der Waals surface area contributed by atoms with Crippen LogP contribution in [0.15, 0.2) is 54.6 Å². The highest BCUT2D eigenvalue weighted by Crippen LogP contribution is 2.42. The molecule has 1 aliphatic rings. The van der Waals surface area contributed by atoms with Crippen LogP contribution < -0.4 is 0 Å². The minimum atomic E-state index is -1.11. The Kier molecular flexibility index (Phi) is 5.87. The molecule has 3 nitrogen and oxygen atoms in total. The van der Waals surface area contributed by atoms with Gasteiger partial charge < -0.3 is 9.47 Å². The molecule has 0 radical (unpaired) electrons. The molecule has 0 spiro atoms. The van der Waals surface area contributed by atoms with Crippen molar-refractivity contribution in [2.45, 2.75) is 51.2 Å². The van der Waals surface area contributed by atoms with E-state index < -0.39 is 5.79 Å². The van der Waals surface area contributed by atoms with E-state index in [1.54, 1.807) is 6.07 Å². The van der Waals surface area contributed by atoms with Crippen molar-refractivity contribution in [3.05, 3.63) is 71.3 Å². The van der Waals surface area contributed by atoms with E-state index in [0.29, 0.717) is 12.2 Å². The zero-order valence-corrected chi connectivity index (χ0v) is 14.9. The van der Waals surface area contributed by atoms with Gasteiger partial charge in [0.1, 0.15) is 0 Å². The lowest BCUT2D eigenvalue weighted by atomic mass is 9.95. The normalized spacial score (nSPS) is 18.8. The molecule has 0 bridgehead atoms. The zero-order chi connectivity index (χ0) is 17.5. The lowest BCUT2D eigenvalue weighted by molar-refractivity contribution is -0.174. The highest BCUT2D eigenvalue weighted by molar-refractivity contribution is 5.95. The number of carbonyl (C=O) groups is 1. The first kappa shape index (κ1) is 17.7. The first-order chi connectivity index (χ1) is 12.3. The van der Waals surface area contributed by atoms with E-state index >= 15 is 0 Å². The summed E-state index contributed by atoms with van der Waals surface area (Å²) in [5.41, 5.74) is 2.26. The average Bonchev–Trinajstić information content (AvgIpc) is 2.95. The Hall–Kier alpha value is -2.13. The van der Waals surface area contributed by atoms with Crippen LogP contribution in [0.5, 0.6) is 0 Å². The van der Waals surface area contributed by atoms with Gasteiger partial charge in [0.25, 0.3) is 5.79 Å². The van der Waals surface area contributed by atoms with Crippen LogP contribution in [0.1, 0.15) is 66.9 Å². The monoisotopic (exact) mass is 338 g/mol. The Morgan fingerprint density at radius 2 is 1.56 bits per heavy atom. The van der Waals surface area contributed by atoms with Crippen LogP contribution >= 0.6 is 0 Å². The summed E-state index contributed by atoms with van der Waals surface area (Å²) in [5.74, 6) is -1.43. The average molecular weight is 338 g/mol. The molecule has 0 N–H and O–H groups in total. The van der Waals surface area contributed by atoms with Crippen LogP contribution in [-0.4, -0.2) is 12.6 Å². The second-order valence-corrected chi connectivity index (χ2v) is 6.53. The highest BCUT2D eigenvalue weighted by atomic mass is 16.7. The van der Waals surface area contributed by atoms with Gasteiger partial charge in [0.15, 0.2) is 0 Å². The Bertz CT molecular complexity index is 695. The van der Waals surface area contributed by atoms with E-state index in [4.69, 9.17) is 9.47 Å². The number of esters is 1. The maximum atomic E-state index is 12.4. The summed E-state index contributed by atoms with van der Waals surface area (Å²) in [6.45, 7) is 2.79. The minimum Gasteiger partial charge on any atom is -0.420 e. The summed E-state index contributed by atoms with van der Waals surface area (Å²) in [6, 6.07) is 17.3. The van der Waals surface area contributed by atoms with E-state index in [9.17, 15) is 4.79 Å². The van der Waals surface area contributed by atoms with Crippen molar-refractivity contribution in [3.8, 4) is 0 Å². The smallest absolute Gasteiger partial charge is 0.341 e. The number of rotatable bonds is 9. The fraction of sp³-hybridized carbons (Fsp3) is 0.409. The summed E-state index contributed by atoms with van der Waals surface area (Å²) in [7, 11) is 0. The Morgan fingerprint density at radius 1 is 0.880 bits per heavy atom. The number of carbonyl (C=O) groups excluding carboxylic acids is 1. The number of benzene rings is 2. The van der Waals surface area contributed by atoms with Crippen molar-refractivity contribution >= 4 is 5.97 Å². The Morgan fingerprint density at radius 3 is 2.36 bits per heavy atom. The largest absolute Gasteiger partial charge is 0.420 e. The van der Waals surface area contributed by atoms with E-state index in [-0.39, 0.29) is 5.97 Å². The molecule has 1 unspecified atom stereocenters. The molecule has 0 fully saturated rings. The van der Waals surface area contributed by atoms with E-state index in [1.807, 2.05) is 48.5 Å². The van der Waals surface area contributed by atoms with Crippen LogP contribution in [0.3, 0.4) is 0 Å². The predicted molar refractivity (Wildman–Crippen MR) is 98.4 cm³/mol. The second kappa shape index (κ2) is 8.30. The first-order valence-electron chi connectivity index (χ1n) is 9.30. The summed E-state index contributed by atoms with van der Waals surface area (Å²) in [6.07, 6.45) is 7.16. The molecule has 0 saturated carbocycles. The molecule has 1 heterocycles. The lowest BCUT2D eigenvalue weighted by Gasteiger charge is -2.29. The Labute approximate surface area is 150 Å². The maximum absolute atomic E-state index is 12.4. The van der Waals surface area contributed by atoms with Gasteiger partial charge in [-0.3, -0.25) is 0 Å². The third-order valence-corrected chi connectivity index (χ3v) is 4.70. The molecule has 1 aliphatic heterocycles. The minimum absolute atomic E-state index is 0.317. The zero-order valence-electron chi connectivity index (χ0n) is 14.9. The molecule has 0 saturated heterocycles. The van der Waals surface area contributed by atoms with Gasteiger partial charge in [-0.1, -0.05) is 87.6 Å². The fourth-order valence-corrected chi connectivity index (χ4v) is 3.35. The number of cyclic esters (lactones) is 1. The maximum Gasteiger partial charge on any atom is 0.341 e. The van der Waals surface area contributed by atoms with E-state index in [1.165, 1.54) is 25.7 Å². The Balaban J connectivity index is 1.76. The number of ether oxygens (including phenoxy) is 2. The van der Waals surface area contributed by atoms with Gasteiger partial charge in [-0.05, 0) is 12.5 Å². The molecule has 0 aromatic heterocycles. The van der Waals surface area contributed by atoms with Crippen molar-refractivity contribution in [2.24, 2.45) is 0 Å². The summed E-state index contributed by atoms with van der Waals surface area (Å²) >= 11 is 0. The third kappa shape index (κ3) is 3.77. The van der Waals surface area contributed by atoms with Crippen LogP contribution in [0.25, 0.3) is 0 Å². The molecule has 0 amide bonds. The van der Waals surface area contributed by atoms with E-state index in [2.05, 4.69) is 6.92 Å². The summed E-state index contributed by atoms with van der Waals surface area (Å²) in [4.78, 5) is 12.4. The molecule has 132 valence electrons. The van der Waals surface area contributed by atoms with E-state index in [0.717, 1.165) is 24.0 Å². The molecule has 0 aliphatic carbocycles. The molecule has 1 atom stereocenters. The van der Waals surface area contributed by atoms with Crippen molar-refractivity contribution in [3.63, 3.8) is 0 Å². The third-order valence-electron chi connectivity index (χ3n) is 4.70. The van der Waals surface area contributed by atoms with Crippen molar-refractivity contribution in [1.82, 2.24) is 0 Å². The van der Waals surface area contributed by atoms with Gasteiger partial charge in [-0.25, -0.2) is 4.79 Å². The number of unbranched alkanes of at least 4 members (excludes halogenated alkanes) is 5. The van der Waals surface area contributed by atoms with Gasteiger partial charge in [0.05, 0.1) is 12.2 Å². The van der Waals surface area contributed by atoms with Crippen LogP contribution in [-0.2, 0) is 15.3 Å². The van der Waals surface area contributed by atoms with Crippen molar-refractivity contribution < 1.29 is 14.3 Å². The van der Waals surface area contributed by atoms with Gasteiger partial charge in [0.2, 0.25) is 0 Å². The molecule has 25 heavy (non-hydrogen) atoms. The molecular formula is C22H26O3. The molecule has 2 aromatic rings. The fourth-order valence-electron chi connectivity index (χ4n) is 3.35. The molecule has 3 rings (SSSR count). The van der Waals surface area contributed by atoms with Crippen LogP contribution in [0.2, 0.25) is 0 Å². The molecule has 3 heteroatoms. The van der Waals surface area contributed by atoms with Crippen molar-refractivity contribution in [2.75, 3.05) is 6.61 Å². The van der Waals surface area contributed by atoms with Crippen LogP contribution in [0.4, 0.5) is 0 Å². The predicted octanol–water partition coefficient (Wildman–Crippen LogP) is 5.44. The highest BCUT2D eigenvalue weighted by Gasteiger charge is 2.48. The standard InChI is InChI=1S/C22H26O3/c1-2-3-4-5-6-12-17-24-22(18-13-8-7-9-14-18)20-16-11-10-15-19(20)21(23)25-22/h7-11,13-16H,2-6,12,17H2,1H3. The lowest BCUT2D eigenvalue weighted by Crippen LogP contribution is -2.32.